The van der Waals surface area contributed by atoms with Gasteiger partial charge in [-0.05, 0) is 64.7 Å². The molecule has 0 bridgehead atoms. The van der Waals surface area contributed by atoms with E-state index >= 15 is 0 Å². The maximum absolute atomic E-state index is 11.7. The number of rotatable bonds is 11. The minimum absolute atomic E-state index is 0.158. The maximum Gasteiger partial charge on any atom is 0.234 e. The van der Waals surface area contributed by atoms with Crippen molar-refractivity contribution in [1.82, 2.24) is 20.4 Å². The van der Waals surface area contributed by atoms with Gasteiger partial charge in [-0.1, -0.05) is 12.8 Å². The Balaban J connectivity index is 1.34. The number of hydrogen-bond donors (Lipinski definition) is 2. The fourth-order valence-corrected chi connectivity index (χ4v) is 3.46. The second-order valence-corrected chi connectivity index (χ2v) is 7.08. The molecule has 6 heteroatoms. The highest BCUT2D eigenvalue weighted by Gasteiger charge is 2.15. The summed E-state index contributed by atoms with van der Waals surface area (Å²) in [5.74, 6) is 0.317. The summed E-state index contributed by atoms with van der Waals surface area (Å²) in [6, 6.07) is 0. The highest BCUT2D eigenvalue weighted by atomic mass is 16.2. The second kappa shape index (κ2) is 11.4. The van der Waals surface area contributed by atoms with Gasteiger partial charge in [0.25, 0.3) is 0 Å². The number of carbonyl (C=O) groups is 2. The topological polar surface area (TPSA) is 64.7 Å². The minimum atomic E-state index is 0.158. The van der Waals surface area contributed by atoms with Crippen molar-refractivity contribution in [2.24, 2.45) is 0 Å². The van der Waals surface area contributed by atoms with Crippen molar-refractivity contribution >= 4 is 11.8 Å². The molecule has 6 nitrogen and oxygen atoms in total. The lowest BCUT2D eigenvalue weighted by Crippen LogP contribution is -2.36. The van der Waals surface area contributed by atoms with Gasteiger partial charge in [0.1, 0.15) is 0 Å². The van der Waals surface area contributed by atoms with Crippen LogP contribution in [0, 0.1) is 0 Å². The highest BCUT2D eigenvalue weighted by molar-refractivity contribution is 5.78. The van der Waals surface area contributed by atoms with Gasteiger partial charge in [-0.25, -0.2) is 0 Å². The maximum atomic E-state index is 11.7. The Morgan fingerprint density at radius 2 is 1.00 bits per heavy atom. The predicted octanol–water partition coefficient (Wildman–Crippen LogP) is 0.971. The molecule has 0 aromatic carbocycles. The molecular weight excluding hydrogens is 304 g/mol. The smallest absolute Gasteiger partial charge is 0.234 e. The van der Waals surface area contributed by atoms with E-state index in [0.717, 1.165) is 65.0 Å². The van der Waals surface area contributed by atoms with Gasteiger partial charge in [-0.2, -0.15) is 0 Å². The number of carbonyl (C=O) groups excluding carboxylic acids is 2. The van der Waals surface area contributed by atoms with Crippen molar-refractivity contribution in [3.63, 3.8) is 0 Å². The molecule has 24 heavy (non-hydrogen) atoms. The Morgan fingerprint density at radius 1 is 0.625 bits per heavy atom. The zero-order valence-electron chi connectivity index (χ0n) is 15.0. The van der Waals surface area contributed by atoms with Gasteiger partial charge in [0, 0.05) is 13.1 Å². The van der Waals surface area contributed by atoms with E-state index in [2.05, 4.69) is 20.4 Å². The van der Waals surface area contributed by atoms with Crippen LogP contribution in [-0.4, -0.2) is 74.0 Å². The van der Waals surface area contributed by atoms with E-state index in [0.29, 0.717) is 13.1 Å². The lowest BCUT2D eigenvalue weighted by atomic mass is 10.2. The van der Waals surface area contributed by atoms with Crippen LogP contribution in [0.5, 0.6) is 0 Å². The molecule has 0 aromatic heterocycles. The molecule has 0 atom stereocenters. The summed E-state index contributed by atoms with van der Waals surface area (Å²) in [6.45, 7) is 6.93. The summed E-state index contributed by atoms with van der Waals surface area (Å²) in [4.78, 5) is 27.9. The van der Waals surface area contributed by atoms with Crippen LogP contribution in [0.3, 0.4) is 0 Å². The number of amides is 2. The summed E-state index contributed by atoms with van der Waals surface area (Å²) in [5.41, 5.74) is 0. The monoisotopic (exact) mass is 338 g/mol. The molecule has 0 saturated carbocycles. The lowest BCUT2D eigenvalue weighted by molar-refractivity contribution is -0.122. The van der Waals surface area contributed by atoms with E-state index < -0.39 is 0 Å². The van der Waals surface area contributed by atoms with E-state index in [1.807, 2.05) is 0 Å². The Hall–Kier alpha value is -1.14. The van der Waals surface area contributed by atoms with Gasteiger partial charge in [0.2, 0.25) is 11.8 Å². The molecule has 2 saturated heterocycles. The van der Waals surface area contributed by atoms with Crippen molar-refractivity contribution in [1.29, 1.82) is 0 Å². The first-order valence-corrected chi connectivity index (χ1v) is 9.72. The van der Waals surface area contributed by atoms with E-state index in [1.54, 1.807) is 0 Å². The number of likely N-dealkylation sites (tertiary alicyclic amines) is 2. The molecule has 2 heterocycles. The van der Waals surface area contributed by atoms with Gasteiger partial charge >= 0.3 is 0 Å². The number of nitrogens with one attached hydrogen (secondary N) is 2. The van der Waals surface area contributed by atoms with Crippen molar-refractivity contribution < 1.29 is 9.59 Å². The number of hydrogen-bond acceptors (Lipinski definition) is 4. The molecule has 0 unspecified atom stereocenters. The normalized spacial score (nSPS) is 18.8. The summed E-state index contributed by atoms with van der Waals surface area (Å²) in [6.07, 6.45) is 9.15. The number of unbranched alkanes of at least 4 members (excludes halogenated alkanes) is 3. The van der Waals surface area contributed by atoms with Crippen LogP contribution in [0.25, 0.3) is 0 Å². The van der Waals surface area contributed by atoms with Crippen molar-refractivity contribution in [3.05, 3.63) is 0 Å². The Kier molecular flexibility index (Phi) is 9.13. The van der Waals surface area contributed by atoms with Gasteiger partial charge in [0.05, 0.1) is 13.1 Å². The van der Waals surface area contributed by atoms with E-state index in [9.17, 15) is 9.59 Å². The van der Waals surface area contributed by atoms with Crippen molar-refractivity contribution in [2.75, 3.05) is 52.4 Å². The summed E-state index contributed by atoms with van der Waals surface area (Å²) >= 11 is 0. The number of nitrogens with zero attached hydrogens (tertiary/aromatic N) is 2. The van der Waals surface area contributed by atoms with Crippen LogP contribution in [0.15, 0.2) is 0 Å². The quantitative estimate of drug-likeness (QED) is 0.551. The van der Waals surface area contributed by atoms with Crippen molar-refractivity contribution in [2.45, 2.75) is 51.4 Å². The predicted molar refractivity (Wildman–Crippen MR) is 95.8 cm³/mol. The fourth-order valence-electron chi connectivity index (χ4n) is 3.46. The van der Waals surface area contributed by atoms with Crippen LogP contribution < -0.4 is 10.6 Å². The molecule has 2 amide bonds. The molecular formula is C18H34N4O2. The third-order valence-electron chi connectivity index (χ3n) is 4.88. The Labute approximate surface area is 146 Å². The van der Waals surface area contributed by atoms with Crippen LogP contribution >= 0.6 is 0 Å². The minimum Gasteiger partial charge on any atom is -0.355 e. The van der Waals surface area contributed by atoms with Crippen LogP contribution in [0.1, 0.15) is 51.4 Å². The van der Waals surface area contributed by atoms with Gasteiger partial charge < -0.3 is 10.6 Å². The molecule has 2 fully saturated rings. The largest absolute Gasteiger partial charge is 0.355 e. The first-order valence-electron chi connectivity index (χ1n) is 9.72. The molecule has 0 radical (unpaired) electrons. The molecule has 138 valence electrons. The average Bonchev–Trinajstić information content (AvgIpc) is 3.23. The SMILES string of the molecule is O=C(CN1CCCC1)NCCCCCCNC(=O)CN1CCCC1. The van der Waals surface area contributed by atoms with Gasteiger partial charge in [-0.3, -0.25) is 19.4 Å². The third kappa shape index (κ3) is 8.11. The molecule has 2 aliphatic rings. The first-order chi connectivity index (χ1) is 11.7. The summed E-state index contributed by atoms with van der Waals surface area (Å²) in [5, 5.41) is 6.01. The molecule has 0 spiro atoms. The van der Waals surface area contributed by atoms with E-state index in [1.165, 1.54) is 25.7 Å². The molecule has 2 N–H and O–H groups in total. The lowest BCUT2D eigenvalue weighted by Gasteiger charge is -2.14. The Morgan fingerprint density at radius 3 is 1.38 bits per heavy atom. The summed E-state index contributed by atoms with van der Waals surface area (Å²) in [7, 11) is 0. The van der Waals surface area contributed by atoms with E-state index in [4.69, 9.17) is 0 Å². The Bertz CT molecular complexity index is 341. The van der Waals surface area contributed by atoms with Crippen molar-refractivity contribution in [3.8, 4) is 0 Å². The zero-order chi connectivity index (χ0) is 17.0. The fraction of sp³-hybridized carbons (Fsp3) is 0.889. The molecule has 0 aliphatic carbocycles. The average molecular weight is 338 g/mol. The molecule has 2 rings (SSSR count). The summed E-state index contributed by atoms with van der Waals surface area (Å²) < 4.78 is 0. The van der Waals surface area contributed by atoms with E-state index in [-0.39, 0.29) is 11.8 Å². The molecule has 0 aromatic rings. The third-order valence-corrected chi connectivity index (χ3v) is 4.88. The van der Waals surface area contributed by atoms with Gasteiger partial charge in [-0.15, -0.1) is 0 Å². The van der Waals surface area contributed by atoms with Crippen LogP contribution in [-0.2, 0) is 9.59 Å². The zero-order valence-corrected chi connectivity index (χ0v) is 15.0. The first kappa shape index (κ1) is 19.2. The van der Waals surface area contributed by atoms with Gasteiger partial charge in [0.15, 0.2) is 0 Å². The second-order valence-electron chi connectivity index (χ2n) is 7.08. The highest BCUT2D eigenvalue weighted by Crippen LogP contribution is 2.06. The van der Waals surface area contributed by atoms with Crippen LogP contribution in [0.2, 0.25) is 0 Å². The molecule has 2 aliphatic heterocycles. The van der Waals surface area contributed by atoms with Crippen LogP contribution in [0.4, 0.5) is 0 Å². The standard InChI is InChI=1S/C18H34N4O2/c23-17(15-21-11-5-6-12-21)19-9-3-1-2-4-10-20-18(24)16-22-13-7-8-14-22/h1-16H2,(H,19,23)(H,20,24).